The third-order valence-corrected chi connectivity index (χ3v) is 3.73. The molecule has 3 aromatic rings. The Morgan fingerprint density at radius 3 is 2.74 bits per heavy atom. The summed E-state index contributed by atoms with van der Waals surface area (Å²) in [7, 11) is 1.34. The van der Waals surface area contributed by atoms with E-state index in [0.717, 1.165) is 5.52 Å². The van der Waals surface area contributed by atoms with E-state index in [-0.39, 0.29) is 24.5 Å². The molecule has 0 amide bonds. The molecule has 0 aliphatic carbocycles. The van der Waals surface area contributed by atoms with E-state index in [2.05, 4.69) is 9.72 Å². The Kier molecular flexibility index (Phi) is 5.85. The van der Waals surface area contributed by atoms with Crippen LogP contribution in [0.1, 0.15) is 17.9 Å². The summed E-state index contributed by atoms with van der Waals surface area (Å²) in [5, 5.41) is 0. The molecule has 1 aromatic heterocycles. The van der Waals surface area contributed by atoms with Gasteiger partial charge in [0.15, 0.2) is 23.0 Å². The number of rotatable bonds is 8. The number of para-hydroxylation sites is 2. The maximum Gasteiger partial charge on any atom is 0.387 e. The second-order valence-corrected chi connectivity index (χ2v) is 5.60. The van der Waals surface area contributed by atoms with Crippen LogP contribution in [0.5, 0.6) is 11.5 Å². The zero-order valence-electron chi connectivity index (χ0n) is 14.5. The summed E-state index contributed by atoms with van der Waals surface area (Å²) in [4.78, 5) is 16.2. The van der Waals surface area contributed by atoms with E-state index in [1.54, 1.807) is 6.07 Å². The molecule has 142 valence electrons. The molecule has 1 heterocycles. The Bertz CT molecular complexity index is 892. The fourth-order valence-electron chi connectivity index (χ4n) is 2.47. The lowest BCUT2D eigenvalue weighted by molar-refractivity contribution is -0.145. The lowest BCUT2D eigenvalue weighted by atomic mass is 10.2. The van der Waals surface area contributed by atoms with Crippen LogP contribution in [0.25, 0.3) is 11.1 Å². The first-order valence-electron chi connectivity index (χ1n) is 8.17. The number of carbonyl (C=O) groups is 1. The third-order valence-electron chi connectivity index (χ3n) is 3.73. The van der Waals surface area contributed by atoms with Gasteiger partial charge in [-0.1, -0.05) is 18.2 Å². The predicted octanol–water partition coefficient (Wildman–Crippen LogP) is 4.11. The molecule has 0 radical (unpaired) electrons. The van der Waals surface area contributed by atoms with Crippen LogP contribution in [0.4, 0.5) is 8.78 Å². The van der Waals surface area contributed by atoms with Gasteiger partial charge in [-0.05, 0) is 29.8 Å². The lowest BCUT2D eigenvalue weighted by Crippen LogP contribution is -2.07. The summed E-state index contributed by atoms with van der Waals surface area (Å²) in [6.07, 6.45) is 0.425. The summed E-state index contributed by atoms with van der Waals surface area (Å²) < 4.78 is 44.7. The van der Waals surface area contributed by atoms with Gasteiger partial charge in [-0.15, -0.1) is 0 Å². The van der Waals surface area contributed by atoms with Crippen LogP contribution >= 0.6 is 0 Å². The van der Waals surface area contributed by atoms with Crippen LogP contribution in [0.3, 0.4) is 0 Å². The molecule has 6 nitrogen and oxygen atoms in total. The molecule has 0 saturated carbocycles. The van der Waals surface area contributed by atoms with Gasteiger partial charge < -0.3 is 18.6 Å². The van der Waals surface area contributed by atoms with E-state index in [0.29, 0.717) is 23.5 Å². The number of aromatic nitrogens is 1. The van der Waals surface area contributed by atoms with Crippen LogP contribution in [0, 0.1) is 0 Å². The molecule has 0 spiro atoms. The molecule has 0 unspecified atom stereocenters. The molecule has 0 aliphatic rings. The van der Waals surface area contributed by atoms with Gasteiger partial charge in [0.25, 0.3) is 0 Å². The van der Waals surface area contributed by atoms with Crippen molar-refractivity contribution in [3.63, 3.8) is 0 Å². The molecule has 0 saturated heterocycles. The molecule has 0 aliphatic heterocycles. The highest BCUT2D eigenvalue weighted by Gasteiger charge is 2.13. The SMILES string of the molecule is COc1cc(COC(=O)CCc2nc3ccccc3o2)ccc1OC(F)F. The fraction of sp³-hybridized carbons (Fsp3) is 0.263. The number of fused-ring (bicyclic) bond motifs is 1. The van der Waals surface area contributed by atoms with Gasteiger partial charge in [0, 0.05) is 6.42 Å². The number of benzene rings is 2. The Labute approximate surface area is 153 Å². The van der Waals surface area contributed by atoms with Crippen molar-refractivity contribution < 1.29 is 32.2 Å². The van der Waals surface area contributed by atoms with Crippen LogP contribution in [-0.4, -0.2) is 24.7 Å². The number of hydrogen-bond acceptors (Lipinski definition) is 6. The maximum atomic E-state index is 12.3. The van der Waals surface area contributed by atoms with Gasteiger partial charge in [0.2, 0.25) is 0 Å². The van der Waals surface area contributed by atoms with E-state index >= 15 is 0 Å². The van der Waals surface area contributed by atoms with Crippen LogP contribution in [-0.2, 0) is 22.6 Å². The minimum Gasteiger partial charge on any atom is -0.493 e. The number of halogens is 2. The number of aryl methyl sites for hydroxylation is 1. The van der Waals surface area contributed by atoms with E-state index in [9.17, 15) is 13.6 Å². The maximum absolute atomic E-state index is 12.3. The van der Waals surface area contributed by atoms with Crippen molar-refractivity contribution in [3.8, 4) is 11.5 Å². The highest BCUT2D eigenvalue weighted by atomic mass is 19.3. The third kappa shape index (κ3) is 4.93. The molecule has 0 fully saturated rings. The van der Waals surface area contributed by atoms with Crippen molar-refractivity contribution in [2.45, 2.75) is 26.1 Å². The zero-order valence-corrected chi connectivity index (χ0v) is 14.5. The van der Waals surface area contributed by atoms with Gasteiger partial charge in [-0.2, -0.15) is 8.78 Å². The standard InChI is InChI=1S/C19H17F2NO5/c1-24-16-10-12(6-7-15(16)27-19(20)21)11-25-18(23)9-8-17-22-13-4-2-3-5-14(13)26-17/h2-7,10,19H,8-9,11H2,1H3. The second kappa shape index (κ2) is 8.48. The number of hydrogen-bond donors (Lipinski definition) is 0. The Morgan fingerprint density at radius 2 is 2.00 bits per heavy atom. The molecular weight excluding hydrogens is 360 g/mol. The minimum absolute atomic E-state index is 0.0162. The Morgan fingerprint density at radius 1 is 1.19 bits per heavy atom. The minimum atomic E-state index is -2.95. The highest BCUT2D eigenvalue weighted by Crippen LogP contribution is 2.29. The van der Waals surface area contributed by atoms with Crippen LogP contribution in [0.15, 0.2) is 46.9 Å². The van der Waals surface area contributed by atoms with Crippen molar-refractivity contribution >= 4 is 17.1 Å². The number of oxazole rings is 1. The normalized spacial score (nSPS) is 11.0. The van der Waals surface area contributed by atoms with E-state index in [1.165, 1.54) is 25.3 Å². The Balaban J connectivity index is 1.52. The fourth-order valence-corrected chi connectivity index (χ4v) is 2.47. The monoisotopic (exact) mass is 377 g/mol. The van der Waals surface area contributed by atoms with Gasteiger partial charge >= 0.3 is 12.6 Å². The van der Waals surface area contributed by atoms with Crippen LogP contribution in [0.2, 0.25) is 0 Å². The van der Waals surface area contributed by atoms with E-state index < -0.39 is 12.6 Å². The predicted molar refractivity (Wildman–Crippen MR) is 91.8 cm³/mol. The number of alkyl halides is 2. The molecule has 0 N–H and O–H groups in total. The second-order valence-electron chi connectivity index (χ2n) is 5.60. The first-order chi connectivity index (χ1) is 13.0. The molecule has 8 heteroatoms. The zero-order chi connectivity index (χ0) is 19.2. The van der Waals surface area contributed by atoms with Crippen molar-refractivity contribution in [1.82, 2.24) is 4.98 Å². The highest BCUT2D eigenvalue weighted by molar-refractivity contribution is 5.72. The average molecular weight is 377 g/mol. The topological polar surface area (TPSA) is 70.8 Å². The smallest absolute Gasteiger partial charge is 0.387 e. The summed E-state index contributed by atoms with van der Waals surface area (Å²) in [5.41, 5.74) is 1.99. The van der Waals surface area contributed by atoms with E-state index in [1.807, 2.05) is 18.2 Å². The van der Waals surface area contributed by atoms with E-state index in [4.69, 9.17) is 13.9 Å². The summed E-state index contributed by atoms with van der Waals surface area (Å²) in [6.45, 7) is -2.97. The number of methoxy groups -OCH3 is 1. The van der Waals surface area contributed by atoms with Crippen molar-refractivity contribution in [2.24, 2.45) is 0 Å². The molecule has 2 aromatic carbocycles. The largest absolute Gasteiger partial charge is 0.493 e. The Hall–Kier alpha value is -3.16. The molecule has 0 atom stereocenters. The summed E-state index contributed by atoms with van der Waals surface area (Å²) in [6, 6.07) is 11.7. The number of ether oxygens (including phenoxy) is 3. The van der Waals surface area contributed by atoms with Crippen molar-refractivity contribution in [1.29, 1.82) is 0 Å². The van der Waals surface area contributed by atoms with Gasteiger partial charge in [0.05, 0.1) is 13.5 Å². The first-order valence-corrected chi connectivity index (χ1v) is 8.17. The molecule has 0 bridgehead atoms. The van der Waals surface area contributed by atoms with Gasteiger partial charge in [0.1, 0.15) is 12.1 Å². The number of esters is 1. The molecule has 27 heavy (non-hydrogen) atoms. The molecule has 3 rings (SSSR count). The van der Waals surface area contributed by atoms with Crippen molar-refractivity contribution in [2.75, 3.05) is 7.11 Å². The number of carbonyl (C=O) groups excluding carboxylic acids is 1. The van der Waals surface area contributed by atoms with Crippen LogP contribution < -0.4 is 9.47 Å². The average Bonchev–Trinajstić information content (AvgIpc) is 3.08. The quantitative estimate of drug-likeness (QED) is 0.550. The van der Waals surface area contributed by atoms with Gasteiger partial charge in [-0.25, -0.2) is 4.98 Å². The van der Waals surface area contributed by atoms with Crippen molar-refractivity contribution in [3.05, 3.63) is 53.9 Å². The summed E-state index contributed by atoms with van der Waals surface area (Å²) >= 11 is 0. The number of nitrogens with zero attached hydrogens (tertiary/aromatic N) is 1. The lowest BCUT2D eigenvalue weighted by Gasteiger charge is -2.11. The first kappa shape index (κ1) is 18.6. The summed E-state index contributed by atoms with van der Waals surface area (Å²) in [5.74, 6) is 0.0845. The van der Waals surface area contributed by atoms with Gasteiger partial charge in [-0.3, -0.25) is 4.79 Å². The molecular formula is C19H17F2NO5.